The number of halogens is 1. The minimum absolute atomic E-state index is 0.228. The number of para-hydroxylation sites is 1. The summed E-state index contributed by atoms with van der Waals surface area (Å²) < 4.78 is 0. The molecule has 1 aliphatic heterocycles. The van der Waals surface area contributed by atoms with Gasteiger partial charge in [-0.1, -0.05) is 39.8 Å². The molecule has 0 spiro atoms. The quantitative estimate of drug-likeness (QED) is 0.494. The van der Waals surface area contributed by atoms with E-state index in [1.165, 1.54) is 6.42 Å². The molecule has 0 radical (unpaired) electrons. The number of hydrogen-bond acceptors (Lipinski definition) is 5. The predicted molar refractivity (Wildman–Crippen MR) is 83.4 cm³/mol. The number of aromatic hydroxyl groups is 1. The third kappa shape index (κ3) is 2.79. The van der Waals surface area contributed by atoms with Crippen molar-refractivity contribution in [1.82, 2.24) is 5.43 Å². The van der Waals surface area contributed by atoms with Gasteiger partial charge in [-0.3, -0.25) is 10.4 Å². The van der Waals surface area contributed by atoms with E-state index in [0.717, 1.165) is 11.6 Å². The maximum atomic E-state index is 9.61. The molecule has 1 saturated carbocycles. The van der Waals surface area contributed by atoms with E-state index in [4.69, 9.17) is 0 Å². The van der Waals surface area contributed by atoms with Crippen molar-refractivity contribution < 1.29 is 5.11 Å². The van der Waals surface area contributed by atoms with Gasteiger partial charge >= 0.3 is 0 Å². The molecule has 0 aromatic heterocycles. The van der Waals surface area contributed by atoms with E-state index >= 15 is 0 Å². The molecule has 19 heavy (non-hydrogen) atoms. The first-order valence-electron chi connectivity index (χ1n) is 6.19. The molecule has 0 amide bonds. The molecule has 3 atom stereocenters. The van der Waals surface area contributed by atoms with Crippen LogP contribution in [0.3, 0.4) is 0 Å². The minimum Gasteiger partial charge on any atom is -0.507 e. The van der Waals surface area contributed by atoms with E-state index in [1.54, 1.807) is 30.1 Å². The lowest BCUT2D eigenvalue weighted by Crippen LogP contribution is -2.17. The van der Waals surface area contributed by atoms with Crippen LogP contribution < -0.4 is 5.43 Å². The average molecular weight is 340 g/mol. The topological polar surface area (TPSA) is 57.0 Å². The van der Waals surface area contributed by atoms with Gasteiger partial charge < -0.3 is 5.11 Å². The van der Waals surface area contributed by atoms with E-state index in [1.807, 2.05) is 12.1 Å². The first kappa shape index (κ1) is 13.0. The van der Waals surface area contributed by atoms with E-state index in [9.17, 15) is 5.11 Å². The summed E-state index contributed by atoms with van der Waals surface area (Å²) in [5, 5.41) is 15.1. The van der Waals surface area contributed by atoms with Crippen LogP contribution in [0.1, 0.15) is 18.4 Å². The molecular weight excluding hydrogens is 326 g/mol. The molecule has 1 aromatic carbocycles. The summed E-state index contributed by atoms with van der Waals surface area (Å²) in [6, 6.07) is 7.52. The van der Waals surface area contributed by atoms with Crippen molar-refractivity contribution in [3.05, 3.63) is 29.8 Å². The molecule has 2 N–H and O–H groups in total. The van der Waals surface area contributed by atoms with Crippen molar-refractivity contribution >= 4 is 39.1 Å². The number of phenols is 1. The number of phenolic OH excluding ortho intramolecular Hbond substituents is 1. The summed E-state index contributed by atoms with van der Waals surface area (Å²) in [5.74, 6) is 0.228. The van der Waals surface area contributed by atoms with Gasteiger partial charge in [0.05, 0.1) is 12.3 Å². The fraction of sp³-hybridized carbons (Fsp3) is 0.385. The van der Waals surface area contributed by atoms with Gasteiger partial charge in [0.2, 0.25) is 0 Å². The zero-order valence-electron chi connectivity index (χ0n) is 10.2. The third-order valence-corrected chi connectivity index (χ3v) is 6.02. The van der Waals surface area contributed by atoms with Gasteiger partial charge in [-0.05, 0) is 25.0 Å². The van der Waals surface area contributed by atoms with Gasteiger partial charge in [-0.2, -0.15) is 5.10 Å². The van der Waals surface area contributed by atoms with Gasteiger partial charge in [-0.15, -0.1) is 0 Å². The van der Waals surface area contributed by atoms with Crippen molar-refractivity contribution in [2.45, 2.75) is 29.0 Å². The van der Waals surface area contributed by atoms with Gasteiger partial charge in [0.25, 0.3) is 0 Å². The van der Waals surface area contributed by atoms with Crippen LogP contribution in [0.2, 0.25) is 0 Å². The lowest BCUT2D eigenvalue weighted by molar-refractivity contribution is 0.474. The number of nitrogens with zero attached hydrogens (tertiary/aromatic N) is 2. The molecule has 1 aliphatic carbocycles. The van der Waals surface area contributed by atoms with Gasteiger partial charge in [0.15, 0.2) is 5.17 Å². The fourth-order valence-electron chi connectivity index (χ4n) is 2.31. The highest BCUT2D eigenvalue weighted by atomic mass is 79.9. The zero-order valence-corrected chi connectivity index (χ0v) is 12.6. The second kappa shape index (κ2) is 5.54. The molecule has 0 saturated heterocycles. The number of thioether (sulfide) groups is 1. The Kier molecular flexibility index (Phi) is 3.79. The number of hydrogen-bond donors (Lipinski definition) is 2. The van der Waals surface area contributed by atoms with E-state index < -0.39 is 0 Å². The molecule has 6 heteroatoms. The Balaban J connectivity index is 1.61. The summed E-state index contributed by atoms with van der Waals surface area (Å²) in [6.07, 6.45) is 3.94. The van der Waals surface area contributed by atoms with Crippen molar-refractivity contribution in [3.8, 4) is 5.75 Å². The van der Waals surface area contributed by atoms with Gasteiger partial charge in [0, 0.05) is 15.6 Å². The molecule has 4 nitrogen and oxygen atoms in total. The molecule has 1 aromatic rings. The number of rotatable bonds is 2. The van der Waals surface area contributed by atoms with Crippen LogP contribution in [0, 0.1) is 0 Å². The fourth-order valence-corrected chi connectivity index (χ4v) is 4.45. The normalized spacial score (nSPS) is 29.5. The zero-order chi connectivity index (χ0) is 13.2. The molecule has 3 unspecified atom stereocenters. The summed E-state index contributed by atoms with van der Waals surface area (Å²) in [5.41, 5.74) is 3.65. The smallest absolute Gasteiger partial charge is 0.177 e. The highest BCUT2D eigenvalue weighted by Gasteiger charge is 2.40. The van der Waals surface area contributed by atoms with E-state index in [-0.39, 0.29) is 5.75 Å². The lowest BCUT2D eigenvalue weighted by atomic mass is 10.2. The van der Waals surface area contributed by atoms with Crippen LogP contribution in [0.5, 0.6) is 5.75 Å². The molecule has 0 bridgehead atoms. The van der Waals surface area contributed by atoms with Crippen molar-refractivity contribution in [2.75, 3.05) is 0 Å². The van der Waals surface area contributed by atoms with E-state index in [0.29, 0.717) is 21.7 Å². The first-order chi connectivity index (χ1) is 9.24. The SMILES string of the molecule is Oc1ccccc1C=NNC1=NC2CCC(Br)C2S1. The number of benzene rings is 1. The van der Waals surface area contributed by atoms with Crippen LogP contribution in [0.25, 0.3) is 0 Å². The molecular formula is C13H14BrN3OS. The molecule has 1 fully saturated rings. The molecule has 100 valence electrons. The number of fused-ring (bicyclic) bond motifs is 1. The minimum atomic E-state index is 0.228. The van der Waals surface area contributed by atoms with Gasteiger partial charge in [-0.25, -0.2) is 0 Å². The largest absolute Gasteiger partial charge is 0.507 e. The van der Waals surface area contributed by atoms with Crippen molar-refractivity contribution in [3.63, 3.8) is 0 Å². The third-order valence-electron chi connectivity index (χ3n) is 3.31. The Bertz CT molecular complexity index is 534. The summed E-state index contributed by atoms with van der Waals surface area (Å²) in [6.45, 7) is 0. The van der Waals surface area contributed by atoms with Gasteiger partial charge in [0.1, 0.15) is 5.75 Å². The summed E-state index contributed by atoms with van der Waals surface area (Å²) in [4.78, 5) is 5.17. The second-order valence-electron chi connectivity index (χ2n) is 4.61. The molecule has 3 rings (SSSR count). The Morgan fingerprint density at radius 1 is 1.42 bits per heavy atom. The number of alkyl halides is 1. The van der Waals surface area contributed by atoms with Crippen LogP contribution in [-0.2, 0) is 0 Å². The number of hydrazone groups is 1. The standard InChI is InChI=1S/C13H14BrN3OS/c14-9-5-6-10-12(9)19-13(16-10)17-15-7-8-3-1-2-4-11(8)18/h1-4,7,9-10,12,18H,5-6H2,(H,16,17). The second-order valence-corrected chi connectivity index (χ2v) is 6.95. The number of nitrogens with one attached hydrogen (secondary N) is 1. The van der Waals surface area contributed by atoms with E-state index in [2.05, 4.69) is 31.4 Å². The van der Waals surface area contributed by atoms with Crippen LogP contribution in [-0.4, -0.2) is 32.6 Å². The number of aliphatic imine (C=N–C) groups is 1. The molecule has 1 heterocycles. The monoisotopic (exact) mass is 339 g/mol. The van der Waals surface area contributed by atoms with Crippen molar-refractivity contribution in [1.29, 1.82) is 0 Å². The maximum Gasteiger partial charge on any atom is 0.177 e. The summed E-state index contributed by atoms with van der Waals surface area (Å²) >= 11 is 5.44. The Hall–Kier alpha value is -1.01. The Morgan fingerprint density at radius 3 is 3.05 bits per heavy atom. The van der Waals surface area contributed by atoms with Crippen LogP contribution >= 0.6 is 27.7 Å². The number of amidine groups is 1. The van der Waals surface area contributed by atoms with Crippen LogP contribution in [0.15, 0.2) is 34.4 Å². The first-order valence-corrected chi connectivity index (χ1v) is 7.99. The summed E-state index contributed by atoms with van der Waals surface area (Å²) in [7, 11) is 0. The Labute approximate surface area is 124 Å². The predicted octanol–water partition coefficient (Wildman–Crippen LogP) is 2.71. The highest BCUT2D eigenvalue weighted by molar-refractivity contribution is 9.09. The highest BCUT2D eigenvalue weighted by Crippen LogP contribution is 2.41. The van der Waals surface area contributed by atoms with Crippen LogP contribution in [0.4, 0.5) is 0 Å². The van der Waals surface area contributed by atoms with Crippen molar-refractivity contribution in [2.24, 2.45) is 10.1 Å². The molecule has 2 aliphatic rings. The average Bonchev–Trinajstić information content (AvgIpc) is 2.95. The Morgan fingerprint density at radius 2 is 2.26 bits per heavy atom. The lowest BCUT2D eigenvalue weighted by Gasteiger charge is -2.09. The maximum absolute atomic E-state index is 9.61.